The molecule has 1 saturated carbocycles. The number of imidazole rings is 1. The summed E-state index contributed by atoms with van der Waals surface area (Å²) in [6.07, 6.45) is 2.84. The van der Waals surface area contributed by atoms with Gasteiger partial charge in [0.1, 0.15) is 17.2 Å². The molecular formula is C14H17F2N5O. The number of alkyl halides is 2. The van der Waals surface area contributed by atoms with E-state index < -0.39 is 18.0 Å². The van der Waals surface area contributed by atoms with Gasteiger partial charge in [0.2, 0.25) is 0 Å². The van der Waals surface area contributed by atoms with Gasteiger partial charge in [-0.25, -0.2) is 13.8 Å². The summed E-state index contributed by atoms with van der Waals surface area (Å²) in [4.78, 5) is 16.7. The number of halogens is 2. The summed E-state index contributed by atoms with van der Waals surface area (Å²) in [5.41, 5.74) is -0.275. The van der Waals surface area contributed by atoms with Gasteiger partial charge in [0, 0.05) is 26.5 Å². The first-order valence-corrected chi connectivity index (χ1v) is 7.07. The minimum atomic E-state index is -2.69. The van der Waals surface area contributed by atoms with Crippen LogP contribution in [0.2, 0.25) is 0 Å². The zero-order chi connectivity index (χ0) is 15.9. The Morgan fingerprint density at radius 2 is 2.14 bits per heavy atom. The van der Waals surface area contributed by atoms with Gasteiger partial charge in [0.25, 0.3) is 12.3 Å². The SMILES string of the molecule is Cn1ccnc1C(NC(=O)c1cc(C(F)F)nn1C)C1CC1. The summed E-state index contributed by atoms with van der Waals surface area (Å²) in [5.74, 6) is 0.696. The summed E-state index contributed by atoms with van der Waals surface area (Å²) in [6.45, 7) is 0. The van der Waals surface area contributed by atoms with E-state index in [1.807, 2.05) is 17.8 Å². The number of rotatable bonds is 5. The van der Waals surface area contributed by atoms with Crippen molar-refractivity contribution in [2.24, 2.45) is 20.0 Å². The van der Waals surface area contributed by atoms with Gasteiger partial charge in [-0.1, -0.05) is 0 Å². The lowest BCUT2D eigenvalue weighted by atomic mass is 10.1. The maximum atomic E-state index is 12.7. The molecular weight excluding hydrogens is 292 g/mol. The van der Waals surface area contributed by atoms with E-state index in [9.17, 15) is 13.6 Å². The topological polar surface area (TPSA) is 64.7 Å². The Morgan fingerprint density at radius 1 is 1.41 bits per heavy atom. The highest BCUT2D eigenvalue weighted by Crippen LogP contribution is 2.40. The highest BCUT2D eigenvalue weighted by atomic mass is 19.3. The normalized spacial score (nSPS) is 16.0. The van der Waals surface area contributed by atoms with Crippen LogP contribution >= 0.6 is 0 Å². The number of carbonyl (C=O) groups excluding carboxylic acids is 1. The molecule has 0 aliphatic heterocycles. The minimum absolute atomic E-state index is 0.121. The van der Waals surface area contributed by atoms with Crippen LogP contribution in [0.3, 0.4) is 0 Å². The Balaban J connectivity index is 1.81. The Bertz CT molecular complexity index is 689. The minimum Gasteiger partial charge on any atom is -0.340 e. The average molecular weight is 309 g/mol. The Morgan fingerprint density at radius 3 is 2.64 bits per heavy atom. The molecule has 0 radical (unpaired) electrons. The van der Waals surface area contributed by atoms with Gasteiger partial charge >= 0.3 is 0 Å². The van der Waals surface area contributed by atoms with E-state index in [1.165, 1.54) is 11.7 Å². The largest absolute Gasteiger partial charge is 0.340 e. The van der Waals surface area contributed by atoms with Crippen LogP contribution in [0.5, 0.6) is 0 Å². The number of hydrogen-bond acceptors (Lipinski definition) is 3. The highest BCUT2D eigenvalue weighted by molar-refractivity contribution is 5.93. The van der Waals surface area contributed by atoms with Crippen LogP contribution in [0, 0.1) is 5.92 Å². The predicted octanol–water partition coefficient (Wildman–Crippen LogP) is 1.97. The number of amides is 1. The smallest absolute Gasteiger partial charge is 0.282 e. The standard InChI is InChI=1S/C14H17F2N5O/c1-20-6-5-17-13(20)11(8-3-4-8)18-14(22)10-7-9(12(15)16)19-21(10)2/h5-8,11-12H,3-4H2,1-2H3,(H,18,22). The summed E-state index contributed by atoms with van der Waals surface area (Å²) >= 11 is 0. The zero-order valence-electron chi connectivity index (χ0n) is 12.3. The van der Waals surface area contributed by atoms with Crippen LogP contribution in [0.15, 0.2) is 18.5 Å². The Labute approximate surface area is 126 Å². The molecule has 1 fully saturated rings. The second-order valence-electron chi connectivity index (χ2n) is 5.56. The Hall–Kier alpha value is -2.25. The molecule has 2 aromatic rings. The number of aromatic nitrogens is 4. The Kier molecular flexibility index (Phi) is 3.67. The quantitative estimate of drug-likeness (QED) is 0.918. The fourth-order valence-electron chi connectivity index (χ4n) is 2.52. The van der Waals surface area contributed by atoms with Crippen LogP contribution in [-0.2, 0) is 14.1 Å². The molecule has 0 aromatic carbocycles. The first-order valence-electron chi connectivity index (χ1n) is 7.07. The molecule has 1 unspecified atom stereocenters. The molecule has 0 bridgehead atoms. The third kappa shape index (κ3) is 2.72. The summed E-state index contributed by atoms with van der Waals surface area (Å²) in [7, 11) is 3.34. The van der Waals surface area contributed by atoms with E-state index in [1.54, 1.807) is 6.20 Å². The molecule has 0 spiro atoms. The summed E-state index contributed by atoms with van der Waals surface area (Å²) in [5, 5.41) is 6.57. The molecule has 22 heavy (non-hydrogen) atoms. The van der Waals surface area contributed by atoms with Gasteiger partial charge in [0.15, 0.2) is 0 Å². The van der Waals surface area contributed by atoms with E-state index >= 15 is 0 Å². The predicted molar refractivity (Wildman–Crippen MR) is 74.3 cm³/mol. The summed E-state index contributed by atoms with van der Waals surface area (Å²) < 4.78 is 28.4. The van der Waals surface area contributed by atoms with Crippen molar-refractivity contribution in [3.05, 3.63) is 35.7 Å². The van der Waals surface area contributed by atoms with Gasteiger partial charge in [-0.2, -0.15) is 5.10 Å². The van der Waals surface area contributed by atoms with Gasteiger partial charge < -0.3 is 9.88 Å². The molecule has 1 aliphatic rings. The zero-order valence-corrected chi connectivity index (χ0v) is 12.3. The lowest BCUT2D eigenvalue weighted by molar-refractivity contribution is 0.0919. The van der Waals surface area contributed by atoms with Crippen LogP contribution in [0.1, 0.15) is 47.3 Å². The molecule has 1 amide bonds. The molecule has 0 saturated heterocycles. The van der Waals surface area contributed by atoms with Crippen molar-refractivity contribution in [1.29, 1.82) is 0 Å². The van der Waals surface area contributed by atoms with Crippen molar-refractivity contribution >= 4 is 5.91 Å². The second kappa shape index (κ2) is 5.51. The number of nitrogens with zero attached hydrogens (tertiary/aromatic N) is 4. The van der Waals surface area contributed by atoms with E-state index in [0.29, 0.717) is 5.92 Å². The fourth-order valence-corrected chi connectivity index (χ4v) is 2.52. The van der Waals surface area contributed by atoms with E-state index in [0.717, 1.165) is 24.7 Å². The second-order valence-corrected chi connectivity index (χ2v) is 5.56. The van der Waals surface area contributed by atoms with Crippen LogP contribution in [-0.4, -0.2) is 25.2 Å². The third-order valence-electron chi connectivity index (χ3n) is 3.87. The molecule has 2 heterocycles. The summed E-state index contributed by atoms with van der Waals surface area (Å²) in [6, 6.07) is 0.917. The highest BCUT2D eigenvalue weighted by Gasteiger charge is 2.36. The fraction of sp³-hybridized carbons (Fsp3) is 0.500. The first kappa shape index (κ1) is 14.7. The van der Waals surface area contributed by atoms with Crippen molar-refractivity contribution in [2.45, 2.75) is 25.3 Å². The molecule has 1 N–H and O–H groups in total. The number of hydrogen-bond donors (Lipinski definition) is 1. The van der Waals surface area contributed by atoms with Gasteiger partial charge in [0.05, 0.1) is 6.04 Å². The van der Waals surface area contributed by atoms with Crippen molar-refractivity contribution in [2.75, 3.05) is 0 Å². The monoisotopic (exact) mass is 309 g/mol. The molecule has 6 nitrogen and oxygen atoms in total. The van der Waals surface area contributed by atoms with Gasteiger partial charge in [-0.3, -0.25) is 9.48 Å². The van der Waals surface area contributed by atoms with Crippen molar-refractivity contribution in [3.8, 4) is 0 Å². The molecule has 2 aromatic heterocycles. The molecule has 3 rings (SSSR count). The molecule has 1 aliphatic carbocycles. The van der Waals surface area contributed by atoms with E-state index in [4.69, 9.17) is 0 Å². The third-order valence-corrected chi connectivity index (χ3v) is 3.87. The van der Waals surface area contributed by atoms with Crippen LogP contribution in [0.4, 0.5) is 8.78 Å². The number of aryl methyl sites for hydroxylation is 2. The van der Waals surface area contributed by atoms with Crippen molar-refractivity contribution in [3.63, 3.8) is 0 Å². The number of nitrogens with one attached hydrogen (secondary N) is 1. The van der Waals surface area contributed by atoms with Crippen molar-refractivity contribution < 1.29 is 13.6 Å². The molecule has 1 atom stereocenters. The van der Waals surface area contributed by atoms with Crippen LogP contribution < -0.4 is 5.32 Å². The maximum Gasteiger partial charge on any atom is 0.282 e. The van der Waals surface area contributed by atoms with E-state index in [-0.39, 0.29) is 11.7 Å². The lowest BCUT2D eigenvalue weighted by Gasteiger charge is -2.18. The number of carbonyl (C=O) groups is 1. The lowest BCUT2D eigenvalue weighted by Crippen LogP contribution is -2.32. The first-order chi connectivity index (χ1) is 10.5. The average Bonchev–Trinajstić information content (AvgIpc) is 3.10. The van der Waals surface area contributed by atoms with Gasteiger partial charge in [-0.15, -0.1) is 0 Å². The van der Waals surface area contributed by atoms with Crippen molar-refractivity contribution in [1.82, 2.24) is 24.6 Å². The van der Waals surface area contributed by atoms with Gasteiger partial charge in [-0.05, 0) is 24.8 Å². The maximum absolute atomic E-state index is 12.7. The molecule has 8 heteroatoms. The van der Waals surface area contributed by atoms with Crippen LogP contribution in [0.25, 0.3) is 0 Å². The molecule has 118 valence electrons. The van der Waals surface area contributed by atoms with E-state index in [2.05, 4.69) is 15.4 Å².